The third kappa shape index (κ3) is 4.10. The summed E-state index contributed by atoms with van der Waals surface area (Å²) < 4.78 is 5.52. The molecule has 0 aromatic heterocycles. The van der Waals surface area contributed by atoms with Crippen molar-refractivity contribution in [1.82, 2.24) is 0 Å². The minimum Gasteiger partial charge on any atom is -0.504 e. The Hall–Kier alpha value is -2.92. The van der Waals surface area contributed by atoms with Crippen molar-refractivity contribution >= 4 is 11.8 Å². The van der Waals surface area contributed by atoms with Gasteiger partial charge in [-0.2, -0.15) is 0 Å². The first-order valence-corrected chi connectivity index (χ1v) is 9.95. The van der Waals surface area contributed by atoms with Crippen LogP contribution in [0.4, 0.5) is 0 Å². The van der Waals surface area contributed by atoms with Gasteiger partial charge in [-0.1, -0.05) is 74.5 Å². The van der Waals surface area contributed by atoms with Gasteiger partial charge in [0.2, 0.25) is 5.78 Å². The lowest BCUT2D eigenvalue weighted by Gasteiger charge is -2.33. The van der Waals surface area contributed by atoms with E-state index in [9.17, 15) is 19.8 Å². The molecule has 5 nitrogen and oxygen atoms in total. The van der Waals surface area contributed by atoms with Gasteiger partial charge in [0.25, 0.3) is 0 Å². The summed E-state index contributed by atoms with van der Waals surface area (Å²) in [6.45, 7) is 3.70. The van der Waals surface area contributed by atoms with Crippen molar-refractivity contribution in [3.63, 3.8) is 0 Å². The molecular weight excluding hydrogens is 368 g/mol. The lowest BCUT2D eigenvalue weighted by Crippen LogP contribution is -2.43. The van der Waals surface area contributed by atoms with Crippen molar-refractivity contribution in [2.75, 3.05) is 0 Å². The number of ketones is 1. The van der Waals surface area contributed by atoms with Gasteiger partial charge in [-0.15, -0.1) is 0 Å². The molecule has 3 rings (SSSR count). The maximum absolute atomic E-state index is 13.0. The van der Waals surface area contributed by atoms with Gasteiger partial charge in [0, 0.05) is 11.8 Å². The van der Waals surface area contributed by atoms with E-state index in [2.05, 4.69) is 0 Å². The lowest BCUT2D eigenvalue weighted by atomic mass is 9.81. The van der Waals surface area contributed by atoms with E-state index in [1.165, 1.54) is 0 Å². The molecule has 0 spiro atoms. The van der Waals surface area contributed by atoms with Gasteiger partial charge in [-0.25, -0.2) is 4.79 Å². The molecule has 29 heavy (non-hydrogen) atoms. The van der Waals surface area contributed by atoms with Crippen molar-refractivity contribution in [2.45, 2.75) is 44.8 Å². The number of aliphatic hydroxyl groups is 2. The molecule has 152 valence electrons. The summed E-state index contributed by atoms with van der Waals surface area (Å²) in [5, 5.41) is 21.5. The summed E-state index contributed by atoms with van der Waals surface area (Å²) in [7, 11) is 0. The van der Waals surface area contributed by atoms with E-state index in [-0.39, 0.29) is 5.57 Å². The van der Waals surface area contributed by atoms with Gasteiger partial charge in [-0.3, -0.25) is 4.79 Å². The normalized spacial score (nSPS) is 20.2. The Balaban J connectivity index is 1.94. The van der Waals surface area contributed by atoms with Gasteiger partial charge in [0.05, 0.1) is 11.7 Å². The number of carbonyl (C=O) groups is 2. The van der Waals surface area contributed by atoms with Crippen LogP contribution in [0.25, 0.3) is 0 Å². The number of ether oxygens (including phenoxy) is 1. The highest BCUT2D eigenvalue weighted by Gasteiger charge is 2.45. The predicted molar refractivity (Wildman–Crippen MR) is 109 cm³/mol. The Morgan fingerprint density at radius 3 is 1.97 bits per heavy atom. The zero-order valence-corrected chi connectivity index (χ0v) is 16.6. The second kappa shape index (κ2) is 9.05. The first-order valence-electron chi connectivity index (χ1n) is 9.95. The second-order valence-electron chi connectivity index (χ2n) is 7.25. The van der Waals surface area contributed by atoms with Gasteiger partial charge in [0.15, 0.2) is 11.9 Å². The first-order chi connectivity index (χ1) is 14.0. The third-order valence-corrected chi connectivity index (χ3v) is 5.57. The number of hydrogen-bond donors (Lipinski definition) is 2. The van der Waals surface area contributed by atoms with Crippen LogP contribution < -0.4 is 0 Å². The highest BCUT2D eigenvalue weighted by Crippen LogP contribution is 2.38. The van der Waals surface area contributed by atoms with Crippen molar-refractivity contribution in [1.29, 1.82) is 0 Å². The first kappa shape index (κ1) is 20.8. The molecular formula is C24H26O5. The number of cyclic esters (lactones) is 1. The summed E-state index contributed by atoms with van der Waals surface area (Å²) in [6.07, 6.45) is -1.29. The standard InChI is InChI=1S/C24H26O5/c1-3-17(15-11-7-5-8-12-15)19-21(26)22(27)23(29-24(19)28)18(4-2)20(25)16-13-9-6-10-14-16/h5-14,17-18,20,23,25-26H,3-4H2,1-2H3/t17?,18?,20-,23+/m0/s1. The van der Waals surface area contributed by atoms with Gasteiger partial charge in [-0.05, 0) is 24.0 Å². The topological polar surface area (TPSA) is 83.8 Å². The van der Waals surface area contributed by atoms with Gasteiger partial charge >= 0.3 is 5.97 Å². The molecule has 2 aromatic rings. The van der Waals surface area contributed by atoms with E-state index in [1.54, 1.807) is 24.3 Å². The third-order valence-electron chi connectivity index (χ3n) is 5.57. The van der Waals surface area contributed by atoms with Crippen LogP contribution in [0.3, 0.4) is 0 Å². The molecule has 0 bridgehead atoms. The van der Waals surface area contributed by atoms with Crippen LogP contribution in [0.15, 0.2) is 72.0 Å². The number of rotatable bonds is 7. The monoisotopic (exact) mass is 394 g/mol. The molecule has 4 atom stereocenters. The molecule has 1 aliphatic rings. The Morgan fingerprint density at radius 2 is 1.45 bits per heavy atom. The number of benzene rings is 2. The van der Waals surface area contributed by atoms with Crippen molar-refractivity contribution in [3.8, 4) is 0 Å². The SMILES string of the molecule is CCC(C1=C(O)C(=O)[C@@H](C(CC)[C@@H](O)c2ccccc2)OC1=O)c1ccccc1. The zero-order valence-electron chi connectivity index (χ0n) is 16.6. The van der Waals surface area contributed by atoms with Gasteiger partial charge < -0.3 is 14.9 Å². The fourth-order valence-corrected chi connectivity index (χ4v) is 3.98. The molecule has 2 aromatic carbocycles. The van der Waals surface area contributed by atoms with E-state index in [0.29, 0.717) is 18.4 Å². The van der Waals surface area contributed by atoms with Crippen LogP contribution in [0.2, 0.25) is 0 Å². The molecule has 2 N–H and O–H groups in total. The van der Waals surface area contributed by atoms with Crippen LogP contribution in [0, 0.1) is 5.92 Å². The summed E-state index contributed by atoms with van der Waals surface area (Å²) in [6, 6.07) is 18.2. The van der Waals surface area contributed by atoms with E-state index in [4.69, 9.17) is 4.74 Å². The summed E-state index contributed by atoms with van der Waals surface area (Å²) >= 11 is 0. The fourth-order valence-electron chi connectivity index (χ4n) is 3.98. The summed E-state index contributed by atoms with van der Waals surface area (Å²) in [5.41, 5.74) is 1.45. The molecule has 0 amide bonds. The summed E-state index contributed by atoms with van der Waals surface area (Å²) in [4.78, 5) is 25.8. The van der Waals surface area contributed by atoms with Crippen molar-refractivity contribution in [2.24, 2.45) is 5.92 Å². The molecule has 0 saturated carbocycles. The van der Waals surface area contributed by atoms with Crippen LogP contribution in [0.1, 0.15) is 49.8 Å². The summed E-state index contributed by atoms with van der Waals surface area (Å²) in [5.74, 6) is -3.01. The molecule has 0 fully saturated rings. The molecule has 0 aliphatic carbocycles. The smallest absolute Gasteiger partial charge is 0.339 e. The quantitative estimate of drug-likeness (QED) is 0.686. The van der Waals surface area contributed by atoms with Crippen LogP contribution >= 0.6 is 0 Å². The maximum atomic E-state index is 13.0. The predicted octanol–water partition coefficient (Wildman–Crippen LogP) is 4.25. The number of aliphatic hydroxyl groups excluding tert-OH is 2. The highest BCUT2D eigenvalue weighted by molar-refractivity contribution is 6.09. The maximum Gasteiger partial charge on any atom is 0.339 e. The van der Waals surface area contributed by atoms with E-state index >= 15 is 0 Å². The zero-order chi connectivity index (χ0) is 21.0. The molecule has 5 heteroatoms. The molecule has 1 heterocycles. The molecule has 2 unspecified atom stereocenters. The van der Waals surface area contributed by atoms with Crippen LogP contribution in [-0.4, -0.2) is 28.1 Å². The largest absolute Gasteiger partial charge is 0.504 e. The average Bonchev–Trinajstić information content (AvgIpc) is 2.76. The Kier molecular flexibility index (Phi) is 6.49. The van der Waals surface area contributed by atoms with Crippen molar-refractivity contribution in [3.05, 3.63) is 83.1 Å². The molecule has 0 radical (unpaired) electrons. The van der Waals surface area contributed by atoms with E-state index in [0.717, 1.165) is 5.56 Å². The average molecular weight is 394 g/mol. The Morgan fingerprint density at radius 1 is 0.897 bits per heavy atom. The highest BCUT2D eigenvalue weighted by atomic mass is 16.6. The Labute approximate surface area is 170 Å². The minimum absolute atomic E-state index is 0.0102. The van der Waals surface area contributed by atoms with Crippen LogP contribution in [0.5, 0.6) is 0 Å². The van der Waals surface area contributed by atoms with Crippen molar-refractivity contribution < 1.29 is 24.5 Å². The van der Waals surface area contributed by atoms with Crippen LogP contribution in [-0.2, 0) is 14.3 Å². The van der Waals surface area contributed by atoms with Gasteiger partial charge in [0.1, 0.15) is 0 Å². The van der Waals surface area contributed by atoms with E-state index in [1.807, 2.05) is 50.2 Å². The fraction of sp³-hybridized carbons (Fsp3) is 0.333. The van der Waals surface area contributed by atoms with E-state index < -0.39 is 41.6 Å². The number of esters is 1. The number of Topliss-reactive ketones (excluding diaryl/α,β-unsaturated/α-hetero) is 1. The second-order valence-corrected chi connectivity index (χ2v) is 7.25. The molecule has 1 aliphatic heterocycles. The number of carbonyl (C=O) groups excluding carboxylic acids is 2. The molecule has 0 saturated heterocycles. The minimum atomic E-state index is -1.22. The number of hydrogen-bond acceptors (Lipinski definition) is 5. The Bertz CT molecular complexity index is 888. The lowest BCUT2D eigenvalue weighted by molar-refractivity contribution is -0.161.